The van der Waals surface area contributed by atoms with E-state index in [-0.39, 0.29) is 23.8 Å². The first kappa shape index (κ1) is 16.6. The van der Waals surface area contributed by atoms with E-state index in [0.717, 1.165) is 11.1 Å². The summed E-state index contributed by atoms with van der Waals surface area (Å²) in [6.45, 7) is 2.59. The summed E-state index contributed by atoms with van der Waals surface area (Å²) in [6, 6.07) is 3.52. The lowest BCUT2D eigenvalue weighted by molar-refractivity contribution is -0.142. The number of benzene rings is 1. The monoisotopic (exact) mass is 355 g/mol. The molecule has 124 valence electrons. The number of hydrogen-bond acceptors (Lipinski definition) is 2. The molecule has 1 amide bonds. The van der Waals surface area contributed by atoms with Crippen LogP contribution in [0.5, 0.6) is 0 Å². The van der Waals surface area contributed by atoms with Gasteiger partial charge in [0.25, 0.3) is 0 Å². The average Bonchev–Trinajstić information content (AvgIpc) is 2.98. The van der Waals surface area contributed by atoms with E-state index in [9.17, 15) is 9.59 Å². The second kappa shape index (κ2) is 6.33. The lowest BCUT2D eigenvalue weighted by Crippen LogP contribution is -2.41. The number of nitrogens with zero attached hydrogens (tertiary/aromatic N) is 1. The van der Waals surface area contributed by atoms with Gasteiger partial charge in [0, 0.05) is 22.5 Å². The predicted octanol–water partition coefficient (Wildman–Crippen LogP) is 3.94. The fraction of sp³-hybridized carbons (Fsp3) is 0.529. The molecule has 1 aliphatic carbocycles. The van der Waals surface area contributed by atoms with Crippen LogP contribution in [0, 0.1) is 11.8 Å². The van der Waals surface area contributed by atoms with Crippen LogP contribution < -0.4 is 0 Å². The number of hydrogen-bond donors (Lipinski definition) is 1. The van der Waals surface area contributed by atoms with Crippen molar-refractivity contribution in [2.75, 3.05) is 6.54 Å². The van der Waals surface area contributed by atoms with E-state index in [1.165, 1.54) is 0 Å². The van der Waals surface area contributed by atoms with Gasteiger partial charge in [-0.15, -0.1) is 0 Å². The summed E-state index contributed by atoms with van der Waals surface area (Å²) >= 11 is 12.4. The molecule has 1 aromatic rings. The number of rotatable bonds is 2. The highest BCUT2D eigenvalue weighted by Gasteiger charge is 2.38. The second-order valence-corrected chi connectivity index (χ2v) is 7.30. The molecule has 2 aliphatic rings. The van der Waals surface area contributed by atoms with Crippen molar-refractivity contribution in [3.05, 3.63) is 33.3 Å². The topological polar surface area (TPSA) is 57.6 Å². The van der Waals surface area contributed by atoms with Crippen molar-refractivity contribution in [3.63, 3.8) is 0 Å². The Morgan fingerprint density at radius 2 is 1.91 bits per heavy atom. The van der Waals surface area contributed by atoms with Crippen molar-refractivity contribution < 1.29 is 14.7 Å². The molecule has 3 atom stereocenters. The summed E-state index contributed by atoms with van der Waals surface area (Å²) in [4.78, 5) is 25.8. The van der Waals surface area contributed by atoms with Crippen molar-refractivity contribution in [2.24, 2.45) is 11.8 Å². The van der Waals surface area contributed by atoms with Crippen LogP contribution in [-0.4, -0.2) is 28.4 Å². The van der Waals surface area contributed by atoms with Crippen LogP contribution in [0.3, 0.4) is 0 Å². The van der Waals surface area contributed by atoms with Gasteiger partial charge in [-0.2, -0.15) is 0 Å². The summed E-state index contributed by atoms with van der Waals surface area (Å²) in [5.41, 5.74) is 2.05. The molecular formula is C17H19Cl2NO3. The minimum atomic E-state index is -0.795. The van der Waals surface area contributed by atoms with Crippen molar-refractivity contribution in [1.29, 1.82) is 0 Å². The number of amides is 1. The number of carboxylic acid groups (broad SMARTS) is 1. The summed E-state index contributed by atoms with van der Waals surface area (Å²) in [5, 5.41) is 10.3. The normalized spacial score (nSPS) is 26.9. The van der Waals surface area contributed by atoms with E-state index in [2.05, 4.69) is 0 Å². The Hall–Kier alpha value is -1.26. The largest absolute Gasteiger partial charge is 0.481 e. The number of carbonyl (C=O) groups is 2. The molecule has 0 radical (unpaired) electrons. The standard InChI is InChI=1S/C17H19Cl2NO3/c1-9-14-7-12(18)8-15(19)13(14)4-5-20(9)16(21)10-2-3-11(6-10)17(22)23/h7-11H,2-6H2,1H3,(H,22,23)/t9?,10-,11+/m1/s1. The molecule has 1 fully saturated rings. The zero-order valence-electron chi connectivity index (χ0n) is 12.9. The van der Waals surface area contributed by atoms with Gasteiger partial charge < -0.3 is 10.0 Å². The fourth-order valence-electron chi connectivity index (χ4n) is 3.82. The Labute approximate surface area is 145 Å². The second-order valence-electron chi connectivity index (χ2n) is 6.46. The third-order valence-corrected chi connectivity index (χ3v) is 5.68. The van der Waals surface area contributed by atoms with Gasteiger partial charge >= 0.3 is 5.97 Å². The summed E-state index contributed by atoms with van der Waals surface area (Å²) in [7, 11) is 0. The van der Waals surface area contributed by atoms with Gasteiger partial charge in [-0.25, -0.2) is 0 Å². The van der Waals surface area contributed by atoms with Gasteiger partial charge in [0.15, 0.2) is 0 Å². The summed E-state index contributed by atoms with van der Waals surface area (Å²) < 4.78 is 0. The molecule has 0 spiro atoms. The number of carboxylic acids is 1. The highest BCUT2D eigenvalue weighted by Crippen LogP contribution is 2.39. The first-order valence-corrected chi connectivity index (χ1v) is 8.65. The van der Waals surface area contributed by atoms with Gasteiger partial charge in [0.05, 0.1) is 12.0 Å². The van der Waals surface area contributed by atoms with Crippen LogP contribution in [0.1, 0.15) is 43.4 Å². The van der Waals surface area contributed by atoms with Gasteiger partial charge in [0.2, 0.25) is 5.91 Å². The fourth-order valence-corrected chi connectivity index (χ4v) is 4.42. The van der Waals surface area contributed by atoms with Crippen molar-refractivity contribution in [2.45, 2.75) is 38.6 Å². The smallest absolute Gasteiger partial charge is 0.306 e. The summed E-state index contributed by atoms with van der Waals surface area (Å²) in [6.07, 6.45) is 2.39. The molecule has 6 heteroatoms. The molecular weight excluding hydrogens is 337 g/mol. The number of halogens is 2. The van der Waals surface area contributed by atoms with Crippen molar-refractivity contribution in [3.8, 4) is 0 Å². The molecule has 1 N–H and O–H groups in total. The first-order valence-electron chi connectivity index (χ1n) is 7.89. The number of aliphatic carboxylic acids is 1. The van der Waals surface area contributed by atoms with Gasteiger partial charge in [-0.3, -0.25) is 9.59 Å². The van der Waals surface area contributed by atoms with E-state index in [1.54, 1.807) is 6.07 Å². The third kappa shape index (κ3) is 3.07. The van der Waals surface area contributed by atoms with Crippen LogP contribution in [-0.2, 0) is 16.0 Å². The average molecular weight is 356 g/mol. The Balaban J connectivity index is 1.80. The van der Waals surface area contributed by atoms with E-state index >= 15 is 0 Å². The Bertz CT molecular complexity index is 661. The quantitative estimate of drug-likeness (QED) is 0.873. The maximum atomic E-state index is 12.8. The maximum absolute atomic E-state index is 12.8. The lowest BCUT2D eigenvalue weighted by atomic mass is 9.91. The molecule has 1 aromatic carbocycles. The molecule has 1 aliphatic heterocycles. The number of fused-ring (bicyclic) bond motifs is 1. The summed E-state index contributed by atoms with van der Waals surface area (Å²) in [5.74, 6) is -1.31. The zero-order chi connectivity index (χ0) is 16.7. The molecule has 1 heterocycles. The van der Waals surface area contributed by atoms with Crippen LogP contribution in [0.15, 0.2) is 12.1 Å². The molecule has 0 bridgehead atoms. The molecule has 1 saturated carbocycles. The first-order chi connectivity index (χ1) is 10.9. The van der Waals surface area contributed by atoms with Crippen molar-refractivity contribution in [1.82, 2.24) is 4.90 Å². The Morgan fingerprint density at radius 3 is 2.57 bits per heavy atom. The van der Waals surface area contributed by atoms with Gasteiger partial charge in [-0.1, -0.05) is 23.2 Å². The number of carbonyl (C=O) groups excluding carboxylic acids is 1. The lowest BCUT2D eigenvalue weighted by Gasteiger charge is -2.37. The highest BCUT2D eigenvalue weighted by molar-refractivity contribution is 6.35. The SMILES string of the molecule is CC1c2cc(Cl)cc(Cl)c2CCN1C(=O)[C@@H]1CC[C@H](C(=O)O)C1. The zero-order valence-corrected chi connectivity index (χ0v) is 14.4. The van der Waals surface area contributed by atoms with Crippen LogP contribution in [0.2, 0.25) is 10.0 Å². The molecule has 1 unspecified atom stereocenters. The third-order valence-electron chi connectivity index (χ3n) is 5.13. The Kier molecular flexibility index (Phi) is 4.56. The Morgan fingerprint density at radius 1 is 1.22 bits per heavy atom. The van der Waals surface area contributed by atoms with E-state index in [0.29, 0.717) is 42.3 Å². The van der Waals surface area contributed by atoms with Crippen LogP contribution in [0.25, 0.3) is 0 Å². The molecule has 4 nitrogen and oxygen atoms in total. The van der Waals surface area contributed by atoms with E-state index < -0.39 is 5.97 Å². The molecule has 0 saturated heterocycles. The van der Waals surface area contributed by atoms with Crippen molar-refractivity contribution >= 4 is 35.1 Å². The molecule has 0 aromatic heterocycles. The van der Waals surface area contributed by atoms with Gasteiger partial charge in [-0.05, 0) is 55.9 Å². The van der Waals surface area contributed by atoms with Gasteiger partial charge in [0.1, 0.15) is 0 Å². The van der Waals surface area contributed by atoms with Crippen LogP contribution in [0.4, 0.5) is 0 Å². The van der Waals surface area contributed by atoms with Crippen LogP contribution >= 0.6 is 23.2 Å². The maximum Gasteiger partial charge on any atom is 0.306 e. The molecule has 23 heavy (non-hydrogen) atoms. The molecule has 3 rings (SSSR count). The van der Waals surface area contributed by atoms with E-state index in [4.69, 9.17) is 28.3 Å². The minimum Gasteiger partial charge on any atom is -0.481 e. The minimum absolute atomic E-state index is 0.0583. The van der Waals surface area contributed by atoms with E-state index in [1.807, 2.05) is 17.9 Å². The highest BCUT2D eigenvalue weighted by atomic mass is 35.5. The predicted molar refractivity (Wildman–Crippen MR) is 88.8 cm³/mol.